The Bertz CT molecular complexity index is 506. The Morgan fingerprint density at radius 1 is 1.29 bits per heavy atom. The average molecular weight is 294 g/mol. The molecule has 0 aromatic carbocycles. The number of rotatable bonds is 3. The van der Waals surface area contributed by atoms with Crippen LogP contribution >= 0.6 is 0 Å². The Morgan fingerprint density at radius 2 is 1.90 bits per heavy atom. The van der Waals surface area contributed by atoms with Crippen LogP contribution < -0.4 is 0 Å². The molecule has 0 N–H and O–H groups in total. The van der Waals surface area contributed by atoms with Gasteiger partial charge in [0, 0.05) is 32.4 Å². The van der Waals surface area contributed by atoms with Crippen molar-refractivity contribution in [3.8, 4) is 0 Å². The molecule has 2 heterocycles. The van der Waals surface area contributed by atoms with Crippen LogP contribution in [0.4, 0.5) is 4.79 Å². The molecule has 0 bridgehead atoms. The number of carbonyl (C=O) groups is 2. The summed E-state index contributed by atoms with van der Waals surface area (Å²) < 4.78 is 6.64. The van der Waals surface area contributed by atoms with Gasteiger partial charge in [0.25, 0.3) is 0 Å². The van der Waals surface area contributed by atoms with Crippen LogP contribution in [0.2, 0.25) is 0 Å². The zero-order chi connectivity index (χ0) is 15.4. The van der Waals surface area contributed by atoms with E-state index in [1.807, 2.05) is 26.1 Å². The molecular weight excluding hydrogens is 272 g/mol. The third-order valence-corrected chi connectivity index (χ3v) is 3.61. The van der Waals surface area contributed by atoms with Gasteiger partial charge < -0.3 is 14.5 Å². The lowest BCUT2D eigenvalue weighted by Crippen LogP contribution is -2.52. The first-order chi connectivity index (χ1) is 10.0. The second-order valence-corrected chi connectivity index (χ2v) is 5.12. The van der Waals surface area contributed by atoms with Crippen LogP contribution in [-0.4, -0.2) is 64.4 Å². The van der Waals surface area contributed by atoms with E-state index in [2.05, 4.69) is 5.10 Å². The topological polar surface area (TPSA) is 67.7 Å². The second-order valence-electron chi connectivity index (χ2n) is 5.12. The van der Waals surface area contributed by atoms with Crippen LogP contribution in [0.5, 0.6) is 0 Å². The molecule has 0 radical (unpaired) electrons. The highest BCUT2D eigenvalue weighted by Crippen LogP contribution is 2.12. The van der Waals surface area contributed by atoms with E-state index in [9.17, 15) is 9.59 Å². The van der Waals surface area contributed by atoms with Crippen molar-refractivity contribution in [1.82, 2.24) is 19.6 Å². The molecule has 0 spiro atoms. The van der Waals surface area contributed by atoms with E-state index in [4.69, 9.17) is 4.74 Å². The molecule has 116 valence electrons. The molecule has 1 aromatic rings. The van der Waals surface area contributed by atoms with Crippen molar-refractivity contribution in [3.05, 3.63) is 18.0 Å². The van der Waals surface area contributed by atoms with Crippen LogP contribution in [0.15, 0.2) is 12.3 Å². The number of piperazine rings is 1. The molecule has 2 amide bonds. The van der Waals surface area contributed by atoms with Gasteiger partial charge in [0.2, 0.25) is 5.91 Å². The molecule has 1 unspecified atom stereocenters. The maximum atomic E-state index is 12.4. The van der Waals surface area contributed by atoms with Gasteiger partial charge in [0.05, 0.1) is 12.3 Å². The van der Waals surface area contributed by atoms with E-state index in [1.54, 1.807) is 21.4 Å². The lowest BCUT2D eigenvalue weighted by Gasteiger charge is -2.35. The lowest BCUT2D eigenvalue weighted by atomic mass is 10.2. The van der Waals surface area contributed by atoms with Crippen molar-refractivity contribution >= 4 is 12.0 Å². The summed E-state index contributed by atoms with van der Waals surface area (Å²) in [6.45, 7) is 7.97. The number of hydrogen-bond donors (Lipinski definition) is 0. The fraction of sp³-hybridized carbons (Fsp3) is 0.643. The Kier molecular flexibility index (Phi) is 4.82. The van der Waals surface area contributed by atoms with Crippen molar-refractivity contribution < 1.29 is 14.3 Å². The molecule has 1 fully saturated rings. The molecule has 7 heteroatoms. The summed E-state index contributed by atoms with van der Waals surface area (Å²) in [5, 5.41) is 4.28. The average Bonchev–Trinajstić information content (AvgIpc) is 2.92. The van der Waals surface area contributed by atoms with Crippen molar-refractivity contribution in [2.45, 2.75) is 26.8 Å². The van der Waals surface area contributed by atoms with E-state index in [-0.39, 0.29) is 18.0 Å². The van der Waals surface area contributed by atoms with Crippen LogP contribution in [0, 0.1) is 6.92 Å². The van der Waals surface area contributed by atoms with Crippen molar-refractivity contribution in [2.75, 3.05) is 32.8 Å². The molecule has 1 aliphatic heterocycles. The van der Waals surface area contributed by atoms with Gasteiger partial charge in [-0.25, -0.2) is 4.79 Å². The third-order valence-electron chi connectivity index (χ3n) is 3.61. The Balaban J connectivity index is 1.89. The first kappa shape index (κ1) is 15.3. The smallest absolute Gasteiger partial charge is 0.409 e. The van der Waals surface area contributed by atoms with E-state index >= 15 is 0 Å². The van der Waals surface area contributed by atoms with Gasteiger partial charge >= 0.3 is 6.09 Å². The second kappa shape index (κ2) is 6.60. The number of aromatic nitrogens is 2. The maximum absolute atomic E-state index is 12.4. The molecule has 0 saturated carbocycles. The highest BCUT2D eigenvalue weighted by Gasteiger charge is 2.28. The molecular formula is C14H22N4O3. The first-order valence-electron chi connectivity index (χ1n) is 7.25. The summed E-state index contributed by atoms with van der Waals surface area (Å²) >= 11 is 0. The number of hydrogen-bond acceptors (Lipinski definition) is 4. The highest BCUT2D eigenvalue weighted by molar-refractivity contribution is 5.80. The molecule has 0 aliphatic carbocycles. The number of ether oxygens (including phenoxy) is 1. The summed E-state index contributed by atoms with van der Waals surface area (Å²) in [6.07, 6.45) is 1.51. The molecule has 1 atom stereocenters. The van der Waals surface area contributed by atoms with Gasteiger partial charge in [0.15, 0.2) is 0 Å². The predicted molar refractivity (Wildman–Crippen MR) is 76.9 cm³/mol. The van der Waals surface area contributed by atoms with Crippen LogP contribution in [0.3, 0.4) is 0 Å². The van der Waals surface area contributed by atoms with Gasteiger partial charge in [0.1, 0.15) is 6.04 Å². The standard InChI is InChI=1S/C14H22N4O3/c1-4-21-14(20)17-9-7-16(8-10-17)13(19)12(3)18-6-5-11(2)15-18/h5-6,12H,4,7-10H2,1-3H3. The zero-order valence-electron chi connectivity index (χ0n) is 12.8. The maximum Gasteiger partial charge on any atom is 0.409 e. The molecule has 2 rings (SSSR count). The van der Waals surface area contributed by atoms with Crippen molar-refractivity contribution in [1.29, 1.82) is 0 Å². The summed E-state index contributed by atoms with van der Waals surface area (Å²) in [6, 6.07) is 1.55. The Hall–Kier alpha value is -2.05. The minimum atomic E-state index is -0.326. The zero-order valence-corrected chi connectivity index (χ0v) is 12.8. The largest absolute Gasteiger partial charge is 0.450 e. The van der Waals surface area contributed by atoms with Gasteiger partial charge in [-0.15, -0.1) is 0 Å². The quantitative estimate of drug-likeness (QED) is 0.836. The number of carbonyl (C=O) groups excluding carboxylic acids is 2. The fourth-order valence-corrected chi connectivity index (χ4v) is 2.35. The normalized spacial score (nSPS) is 16.7. The number of nitrogens with zero attached hydrogens (tertiary/aromatic N) is 4. The van der Waals surface area contributed by atoms with E-state index in [0.717, 1.165) is 5.69 Å². The molecule has 7 nitrogen and oxygen atoms in total. The highest BCUT2D eigenvalue weighted by atomic mass is 16.6. The summed E-state index contributed by atoms with van der Waals surface area (Å²) in [7, 11) is 0. The molecule has 1 aromatic heterocycles. The Morgan fingerprint density at radius 3 is 2.43 bits per heavy atom. The summed E-state index contributed by atoms with van der Waals surface area (Å²) in [5.41, 5.74) is 0.891. The van der Waals surface area contributed by atoms with E-state index < -0.39 is 0 Å². The number of aryl methyl sites for hydroxylation is 1. The lowest BCUT2D eigenvalue weighted by molar-refractivity contribution is -0.136. The van der Waals surface area contributed by atoms with Crippen molar-refractivity contribution in [3.63, 3.8) is 0 Å². The van der Waals surface area contributed by atoms with Crippen molar-refractivity contribution in [2.24, 2.45) is 0 Å². The Labute approximate surface area is 124 Å². The number of amides is 2. The predicted octanol–water partition coefficient (Wildman–Crippen LogP) is 1.05. The first-order valence-corrected chi connectivity index (χ1v) is 7.25. The minimum absolute atomic E-state index is 0.0293. The summed E-state index contributed by atoms with van der Waals surface area (Å²) in [4.78, 5) is 27.5. The fourth-order valence-electron chi connectivity index (χ4n) is 2.35. The van der Waals surface area contributed by atoms with Gasteiger partial charge in [-0.3, -0.25) is 9.48 Å². The van der Waals surface area contributed by atoms with Crippen LogP contribution in [-0.2, 0) is 9.53 Å². The van der Waals surface area contributed by atoms with Crippen LogP contribution in [0.25, 0.3) is 0 Å². The molecule has 1 aliphatic rings. The monoisotopic (exact) mass is 294 g/mol. The SMILES string of the molecule is CCOC(=O)N1CCN(C(=O)C(C)n2ccc(C)n2)CC1. The van der Waals surface area contributed by atoms with Gasteiger partial charge in [-0.1, -0.05) is 0 Å². The minimum Gasteiger partial charge on any atom is -0.450 e. The third kappa shape index (κ3) is 3.53. The molecule has 1 saturated heterocycles. The molecule has 21 heavy (non-hydrogen) atoms. The van der Waals surface area contributed by atoms with Crippen LogP contribution in [0.1, 0.15) is 25.6 Å². The summed E-state index contributed by atoms with van der Waals surface area (Å²) in [5.74, 6) is 0.0293. The van der Waals surface area contributed by atoms with E-state index in [0.29, 0.717) is 32.8 Å². The van der Waals surface area contributed by atoms with Gasteiger partial charge in [-0.05, 0) is 26.8 Å². The van der Waals surface area contributed by atoms with E-state index in [1.165, 1.54) is 0 Å². The van der Waals surface area contributed by atoms with Gasteiger partial charge in [-0.2, -0.15) is 5.10 Å².